The highest BCUT2D eigenvalue weighted by Crippen LogP contribution is 2.48. The molecule has 0 aromatic carbocycles. The Balaban J connectivity index is 1.32. The van der Waals surface area contributed by atoms with Gasteiger partial charge in [-0.25, -0.2) is 9.99 Å². The molecule has 2 aromatic heterocycles. The van der Waals surface area contributed by atoms with Crippen LogP contribution in [0.15, 0.2) is 5.16 Å². The van der Waals surface area contributed by atoms with Crippen LogP contribution in [0.25, 0.3) is 5.00 Å². The van der Waals surface area contributed by atoms with Gasteiger partial charge in [0, 0.05) is 23.5 Å². The fourth-order valence-electron chi connectivity index (χ4n) is 4.41. The van der Waals surface area contributed by atoms with E-state index in [1.807, 2.05) is 16.2 Å². The van der Waals surface area contributed by atoms with Crippen molar-refractivity contribution in [2.45, 2.75) is 30.6 Å². The molecule has 0 saturated carbocycles. The SMILES string of the molecule is O=C(CSc1nnc2n1-c1sc3c(c1C1NCNN21)CCC3)N1CCOCC1. The molecule has 6 rings (SSSR count). The second kappa shape index (κ2) is 6.70. The first-order valence-corrected chi connectivity index (χ1v) is 11.5. The summed E-state index contributed by atoms with van der Waals surface area (Å²) in [5, 5.41) is 16.5. The lowest BCUT2D eigenvalue weighted by atomic mass is 10.1. The number of anilines is 1. The van der Waals surface area contributed by atoms with Gasteiger partial charge in [-0.1, -0.05) is 11.8 Å². The number of aryl methyl sites for hydroxylation is 1. The van der Waals surface area contributed by atoms with Crippen molar-refractivity contribution in [1.82, 2.24) is 30.4 Å². The molecule has 2 saturated heterocycles. The van der Waals surface area contributed by atoms with Crippen molar-refractivity contribution in [3.8, 4) is 5.00 Å². The Hall–Kier alpha value is -1.66. The van der Waals surface area contributed by atoms with E-state index in [2.05, 4.69) is 30.5 Å². The fraction of sp³-hybridized carbons (Fsp3) is 0.588. The number of aromatic nitrogens is 3. The second-order valence-electron chi connectivity index (χ2n) is 7.29. The van der Waals surface area contributed by atoms with Crippen molar-refractivity contribution >= 4 is 35.0 Å². The molecule has 0 radical (unpaired) electrons. The Morgan fingerprint density at radius 1 is 1.29 bits per heavy atom. The van der Waals surface area contributed by atoms with Crippen LogP contribution in [0.4, 0.5) is 5.95 Å². The molecule has 0 spiro atoms. The predicted octanol–water partition coefficient (Wildman–Crippen LogP) is 0.652. The summed E-state index contributed by atoms with van der Waals surface area (Å²) in [5.41, 5.74) is 6.22. The van der Waals surface area contributed by atoms with Crippen molar-refractivity contribution in [3.05, 3.63) is 16.0 Å². The van der Waals surface area contributed by atoms with Crippen LogP contribution in [0, 0.1) is 0 Å². The molecular weight excluding hydrogens is 398 g/mol. The maximum atomic E-state index is 12.6. The third-order valence-corrected chi connectivity index (χ3v) is 7.95. The summed E-state index contributed by atoms with van der Waals surface area (Å²) in [4.78, 5) is 15.9. The van der Waals surface area contributed by atoms with E-state index in [9.17, 15) is 4.79 Å². The quantitative estimate of drug-likeness (QED) is 0.702. The van der Waals surface area contributed by atoms with Crippen LogP contribution in [-0.2, 0) is 22.4 Å². The van der Waals surface area contributed by atoms with Crippen LogP contribution in [0.3, 0.4) is 0 Å². The first kappa shape index (κ1) is 17.2. The number of nitrogens with one attached hydrogen (secondary N) is 2. The number of nitrogens with zero attached hydrogens (tertiary/aromatic N) is 5. The van der Waals surface area contributed by atoms with Crippen molar-refractivity contribution in [2.24, 2.45) is 0 Å². The maximum Gasteiger partial charge on any atom is 0.249 e. The molecule has 2 N–H and O–H groups in total. The monoisotopic (exact) mass is 419 g/mol. The highest BCUT2D eigenvalue weighted by atomic mass is 32.2. The van der Waals surface area contributed by atoms with E-state index in [1.165, 1.54) is 39.2 Å². The molecule has 0 bridgehead atoms. The molecular formula is C17H21N7O2S2. The van der Waals surface area contributed by atoms with Crippen molar-refractivity contribution in [1.29, 1.82) is 0 Å². The van der Waals surface area contributed by atoms with Crippen molar-refractivity contribution in [3.63, 3.8) is 0 Å². The second-order valence-corrected chi connectivity index (χ2v) is 9.31. The smallest absolute Gasteiger partial charge is 0.249 e. The Labute approximate surface area is 170 Å². The topological polar surface area (TPSA) is 87.5 Å². The number of ether oxygens (including phenoxy) is 1. The Kier molecular flexibility index (Phi) is 4.12. The maximum absolute atomic E-state index is 12.6. The van der Waals surface area contributed by atoms with Crippen LogP contribution in [0.1, 0.15) is 28.6 Å². The lowest BCUT2D eigenvalue weighted by Crippen LogP contribution is -2.41. The zero-order valence-corrected chi connectivity index (χ0v) is 16.9. The summed E-state index contributed by atoms with van der Waals surface area (Å²) in [6.45, 7) is 3.29. The summed E-state index contributed by atoms with van der Waals surface area (Å²) < 4.78 is 7.47. The lowest BCUT2D eigenvalue weighted by molar-refractivity contribution is -0.132. The Bertz CT molecular complexity index is 936. The molecule has 28 heavy (non-hydrogen) atoms. The highest BCUT2D eigenvalue weighted by molar-refractivity contribution is 7.99. The molecule has 2 fully saturated rings. The van der Waals surface area contributed by atoms with Gasteiger partial charge in [0.25, 0.3) is 0 Å². The summed E-state index contributed by atoms with van der Waals surface area (Å²) >= 11 is 3.33. The molecule has 11 heteroatoms. The van der Waals surface area contributed by atoms with Gasteiger partial charge in [0.2, 0.25) is 11.9 Å². The minimum Gasteiger partial charge on any atom is -0.378 e. The summed E-state index contributed by atoms with van der Waals surface area (Å²) in [6.07, 6.45) is 3.64. The average Bonchev–Trinajstić information content (AvgIpc) is 3.47. The third-order valence-electron chi connectivity index (χ3n) is 5.74. The lowest BCUT2D eigenvalue weighted by Gasteiger charge is -2.30. The van der Waals surface area contributed by atoms with Gasteiger partial charge in [-0.05, 0) is 24.8 Å². The van der Waals surface area contributed by atoms with Crippen LogP contribution in [-0.4, -0.2) is 64.3 Å². The van der Waals surface area contributed by atoms with Gasteiger partial charge < -0.3 is 9.64 Å². The van der Waals surface area contributed by atoms with E-state index in [4.69, 9.17) is 4.74 Å². The van der Waals surface area contributed by atoms with E-state index >= 15 is 0 Å². The summed E-state index contributed by atoms with van der Waals surface area (Å²) in [6, 6.07) is 0. The van der Waals surface area contributed by atoms with Gasteiger partial charge in [-0.15, -0.1) is 21.5 Å². The fourth-order valence-corrected chi connectivity index (χ4v) is 6.72. The number of hydrogen-bond acceptors (Lipinski definition) is 9. The third kappa shape index (κ3) is 2.53. The summed E-state index contributed by atoms with van der Waals surface area (Å²) in [7, 11) is 0. The molecule has 5 heterocycles. The number of thiophene rings is 1. The molecule has 3 aliphatic heterocycles. The largest absolute Gasteiger partial charge is 0.378 e. The average molecular weight is 420 g/mol. The standard InChI is InChI=1S/C17H21N7O2S2/c25-12(22-4-6-26-7-5-22)8-27-17-21-20-16-23(17)15-13(14-18-9-19-24(14)16)10-2-1-3-11(10)28-15/h14,18-19H,1-9H2. The van der Waals surface area contributed by atoms with Crippen LogP contribution in [0.2, 0.25) is 0 Å². The number of rotatable bonds is 3. The first-order chi connectivity index (χ1) is 13.8. The molecule has 1 aliphatic carbocycles. The van der Waals surface area contributed by atoms with Gasteiger partial charge in [-0.2, -0.15) is 0 Å². The highest BCUT2D eigenvalue weighted by Gasteiger charge is 2.42. The molecule has 1 amide bonds. The molecule has 2 aromatic rings. The molecule has 4 aliphatic rings. The minimum atomic E-state index is 0.109. The molecule has 148 valence electrons. The van der Waals surface area contributed by atoms with Crippen LogP contribution >= 0.6 is 23.1 Å². The zero-order valence-electron chi connectivity index (χ0n) is 15.3. The summed E-state index contributed by atoms with van der Waals surface area (Å²) in [5.74, 6) is 1.30. The van der Waals surface area contributed by atoms with E-state index in [0.29, 0.717) is 38.7 Å². The number of carbonyl (C=O) groups is 1. The molecule has 1 unspecified atom stereocenters. The number of carbonyl (C=O) groups excluding carboxylic acids is 1. The zero-order chi connectivity index (χ0) is 18.7. The minimum absolute atomic E-state index is 0.109. The van der Waals surface area contributed by atoms with Crippen LogP contribution in [0.5, 0.6) is 0 Å². The first-order valence-electron chi connectivity index (χ1n) is 9.66. The predicted molar refractivity (Wildman–Crippen MR) is 106 cm³/mol. The van der Waals surface area contributed by atoms with E-state index < -0.39 is 0 Å². The van der Waals surface area contributed by atoms with Gasteiger partial charge >= 0.3 is 0 Å². The Morgan fingerprint density at radius 2 is 2.18 bits per heavy atom. The van der Waals surface area contributed by atoms with E-state index in [-0.39, 0.29) is 12.1 Å². The van der Waals surface area contributed by atoms with E-state index in [1.54, 1.807) is 0 Å². The number of hydrazine groups is 1. The number of hydrogen-bond donors (Lipinski definition) is 2. The van der Waals surface area contributed by atoms with Gasteiger partial charge in [0.1, 0.15) is 11.2 Å². The van der Waals surface area contributed by atoms with E-state index in [0.717, 1.165) is 23.9 Å². The molecule has 9 nitrogen and oxygen atoms in total. The van der Waals surface area contributed by atoms with Crippen molar-refractivity contribution in [2.75, 3.05) is 43.7 Å². The van der Waals surface area contributed by atoms with Crippen molar-refractivity contribution < 1.29 is 9.53 Å². The van der Waals surface area contributed by atoms with Gasteiger partial charge in [-0.3, -0.25) is 15.1 Å². The number of fused-ring (bicyclic) bond motifs is 8. The normalized spacial score (nSPS) is 22.8. The van der Waals surface area contributed by atoms with Crippen LogP contribution < -0.4 is 15.8 Å². The van der Waals surface area contributed by atoms with Gasteiger partial charge in [0.05, 0.1) is 25.6 Å². The number of amides is 1. The number of thioether (sulfide) groups is 1. The van der Waals surface area contributed by atoms with Gasteiger partial charge in [0.15, 0.2) is 5.16 Å². The Morgan fingerprint density at radius 3 is 3.07 bits per heavy atom. The number of morpholine rings is 1. The molecule has 1 atom stereocenters.